The van der Waals surface area contributed by atoms with Crippen molar-refractivity contribution in [2.45, 2.75) is 32.7 Å². The number of fused-ring (bicyclic) bond motifs is 1. The average molecular weight is 245 g/mol. The minimum absolute atomic E-state index is 0.463. The number of oxazole rings is 1. The van der Waals surface area contributed by atoms with Gasteiger partial charge in [-0.2, -0.15) is 4.98 Å². The Hall–Kier alpha value is -1.71. The quantitative estimate of drug-likeness (QED) is 0.797. The first-order valence-corrected chi connectivity index (χ1v) is 6.56. The lowest BCUT2D eigenvalue weighted by molar-refractivity contribution is 0.429. The first-order chi connectivity index (χ1) is 8.63. The molecule has 4 nitrogen and oxygen atoms in total. The average Bonchev–Trinajstić information content (AvgIpc) is 2.86. The third-order valence-corrected chi connectivity index (χ3v) is 4.19. The lowest BCUT2D eigenvalue weighted by atomic mass is 9.98. The molecule has 3 N–H and O–H groups in total. The number of nitrogens with one attached hydrogen (secondary N) is 1. The molecule has 0 radical (unpaired) electrons. The van der Waals surface area contributed by atoms with E-state index in [1.807, 2.05) is 18.2 Å². The normalized spacial score (nSPS) is 27.8. The van der Waals surface area contributed by atoms with Gasteiger partial charge in [0.15, 0.2) is 5.58 Å². The van der Waals surface area contributed by atoms with Gasteiger partial charge in [-0.25, -0.2) is 0 Å². The van der Waals surface area contributed by atoms with Crippen molar-refractivity contribution in [2.24, 2.45) is 11.8 Å². The van der Waals surface area contributed by atoms with Gasteiger partial charge in [-0.05, 0) is 36.8 Å². The van der Waals surface area contributed by atoms with Crippen LogP contribution >= 0.6 is 0 Å². The Labute approximate surface area is 107 Å². The van der Waals surface area contributed by atoms with Gasteiger partial charge in [0, 0.05) is 17.8 Å². The number of nitrogen functional groups attached to an aromatic ring is 1. The van der Waals surface area contributed by atoms with E-state index in [9.17, 15) is 0 Å². The van der Waals surface area contributed by atoms with Crippen molar-refractivity contribution < 1.29 is 4.42 Å². The van der Waals surface area contributed by atoms with Crippen LogP contribution in [0.1, 0.15) is 26.7 Å². The largest absolute Gasteiger partial charge is 0.423 e. The van der Waals surface area contributed by atoms with Crippen molar-refractivity contribution in [3.8, 4) is 0 Å². The molecule has 2 aromatic rings. The number of aromatic nitrogens is 1. The Morgan fingerprint density at radius 1 is 1.33 bits per heavy atom. The zero-order chi connectivity index (χ0) is 12.7. The third kappa shape index (κ3) is 1.92. The van der Waals surface area contributed by atoms with Crippen LogP contribution < -0.4 is 11.1 Å². The number of anilines is 2. The summed E-state index contributed by atoms with van der Waals surface area (Å²) in [6.45, 7) is 4.59. The molecule has 1 saturated carbocycles. The van der Waals surface area contributed by atoms with Gasteiger partial charge < -0.3 is 15.5 Å². The predicted octanol–water partition coefficient (Wildman–Crippen LogP) is 3.26. The Morgan fingerprint density at radius 3 is 2.89 bits per heavy atom. The fraction of sp³-hybridized carbons (Fsp3) is 0.500. The maximum absolute atomic E-state index is 5.73. The first kappa shape index (κ1) is 11.4. The van der Waals surface area contributed by atoms with Gasteiger partial charge in [-0.3, -0.25) is 0 Å². The molecular weight excluding hydrogens is 226 g/mol. The van der Waals surface area contributed by atoms with Crippen molar-refractivity contribution in [2.75, 3.05) is 11.1 Å². The van der Waals surface area contributed by atoms with E-state index in [1.165, 1.54) is 12.8 Å². The van der Waals surface area contributed by atoms with Crippen molar-refractivity contribution in [1.29, 1.82) is 0 Å². The van der Waals surface area contributed by atoms with Crippen LogP contribution in [-0.2, 0) is 0 Å². The molecule has 0 amide bonds. The van der Waals surface area contributed by atoms with Gasteiger partial charge >= 0.3 is 0 Å². The Bertz CT molecular complexity index is 563. The van der Waals surface area contributed by atoms with Crippen LogP contribution in [0.3, 0.4) is 0 Å². The van der Waals surface area contributed by atoms with E-state index in [4.69, 9.17) is 10.2 Å². The molecule has 1 aromatic carbocycles. The second kappa shape index (κ2) is 4.19. The van der Waals surface area contributed by atoms with Crippen LogP contribution in [0.2, 0.25) is 0 Å². The smallest absolute Gasteiger partial charge is 0.295 e. The number of hydrogen-bond donors (Lipinski definition) is 2. The molecule has 3 atom stereocenters. The molecule has 1 fully saturated rings. The maximum Gasteiger partial charge on any atom is 0.295 e. The summed E-state index contributed by atoms with van der Waals surface area (Å²) in [7, 11) is 0. The van der Waals surface area contributed by atoms with Gasteiger partial charge in [0.05, 0.1) is 0 Å². The second-order valence-electron chi connectivity index (χ2n) is 5.41. The molecule has 1 heterocycles. The highest BCUT2D eigenvalue weighted by Crippen LogP contribution is 2.33. The van der Waals surface area contributed by atoms with E-state index in [0.717, 1.165) is 17.0 Å². The second-order valence-corrected chi connectivity index (χ2v) is 5.41. The number of nitrogens with zero attached hydrogens (tertiary/aromatic N) is 1. The van der Waals surface area contributed by atoms with Gasteiger partial charge in [0.2, 0.25) is 0 Å². The monoisotopic (exact) mass is 245 g/mol. The molecule has 1 aliphatic carbocycles. The Balaban J connectivity index is 1.83. The van der Waals surface area contributed by atoms with Crippen molar-refractivity contribution in [3.05, 3.63) is 18.2 Å². The minimum Gasteiger partial charge on any atom is -0.423 e. The molecule has 1 aromatic heterocycles. The molecule has 0 aliphatic heterocycles. The minimum atomic E-state index is 0.463. The van der Waals surface area contributed by atoms with E-state index in [2.05, 4.69) is 24.1 Å². The van der Waals surface area contributed by atoms with Gasteiger partial charge in [-0.1, -0.05) is 13.8 Å². The predicted molar refractivity (Wildman–Crippen MR) is 73.4 cm³/mol. The molecule has 4 heteroatoms. The third-order valence-electron chi connectivity index (χ3n) is 4.19. The van der Waals surface area contributed by atoms with E-state index in [1.54, 1.807) is 0 Å². The Kier molecular flexibility index (Phi) is 2.65. The summed E-state index contributed by atoms with van der Waals surface area (Å²) in [6, 6.07) is 6.62. The summed E-state index contributed by atoms with van der Waals surface area (Å²) in [5.74, 6) is 1.42. The van der Waals surface area contributed by atoms with Crippen molar-refractivity contribution >= 4 is 22.8 Å². The molecule has 0 spiro atoms. The summed E-state index contributed by atoms with van der Waals surface area (Å²) in [4.78, 5) is 4.44. The summed E-state index contributed by atoms with van der Waals surface area (Å²) < 4.78 is 5.69. The van der Waals surface area contributed by atoms with Crippen LogP contribution in [0, 0.1) is 11.8 Å². The molecule has 3 rings (SSSR count). The highest BCUT2D eigenvalue weighted by atomic mass is 16.4. The Morgan fingerprint density at radius 2 is 2.17 bits per heavy atom. The highest BCUT2D eigenvalue weighted by molar-refractivity contribution is 5.78. The van der Waals surface area contributed by atoms with Crippen LogP contribution in [0.25, 0.3) is 11.1 Å². The van der Waals surface area contributed by atoms with Gasteiger partial charge in [0.25, 0.3) is 6.01 Å². The fourth-order valence-corrected chi connectivity index (χ4v) is 2.73. The van der Waals surface area contributed by atoms with E-state index in [-0.39, 0.29) is 0 Å². The molecule has 18 heavy (non-hydrogen) atoms. The summed E-state index contributed by atoms with van der Waals surface area (Å²) in [5.41, 5.74) is 8.03. The topological polar surface area (TPSA) is 64.1 Å². The van der Waals surface area contributed by atoms with Crippen LogP contribution in [-0.4, -0.2) is 11.0 Å². The number of nitrogens with two attached hydrogens (primary N) is 1. The van der Waals surface area contributed by atoms with Crippen molar-refractivity contribution in [3.63, 3.8) is 0 Å². The molecule has 3 unspecified atom stereocenters. The lowest BCUT2D eigenvalue weighted by Crippen LogP contribution is -2.24. The summed E-state index contributed by atoms with van der Waals surface area (Å²) >= 11 is 0. The van der Waals surface area contributed by atoms with Gasteiger partial charge in [0.1, 0.15) is 5.52 Å². The van der Waals surface area contributed by atoms with Crippen LogP contribution in [0.15, 0.2) is 22.6 Å². The SMILES string of the molecule is CC1CCC(Nc2nc3ccc(N)cc3o2)C1C. The molecule has 0 bridgehead atoms. The molecule has 1 aliphatic rings. The number of benzene rings is 1. The summed E-state index contributed by atoms with van der Waals surface area (Å²) in [5, 5.41) is 3.41. The fourth-order valence-electron chi connectivity index (χ4n) is 2.73. The first-order valence-electron chi connectivity index (χ1n) is 6.56. The van der Waals surface area contributed by atoms with E-state index < -0.39 is 0 Å². The zero-order valence-corrected chi connectivity index (χ0v) is 10.8. The standard InChI is InChI=1S/C14H19N3O/c1-8-3-5-11(9(8)2)16-14-17-12-6-4-10(15)7-13(12)18-14/h4,6-9,11H,3,5,15H2,1-2H3,(H,16,17). The van der Waals surface area contributed by atoms with Crippen LogP contribution in [0.4, 0.5) is 11.7 Å². The van der Waals surface area contributed by atoms with E-state index >= 15 is 0 Å². The lowest BCUT2D eigenvalue weighted by Gasteiger charge is -2.18. The highest BCUT2D eigenvalue weighted by Gasteiger charge is 2.30. The summed E-state index contributed by atoms with van der Waals surface area (Å²) in [6.07, 6.45) is 2.45. The zero-order valence-electron chi connectivity index (χ0n) is 10.8. The number of rotatable bonds is 2. The molecular formula is C14H19N3O. The molecule has 0 saturated heterocycles. The molecule has 96 valence electrons. The van der Waals surface area contributed by atoms with E-state index in [0.29, 0.717) is 23.7 Å². The van der Waals surface area contributed by atoms with Gasteiger partial charge in [-0.15, -0.1) is 0 Å². The maximum atomic E-state index is 5.73. The van der Waals surface area contributed by atoms with Crippen molar-refractivity contribution in [1.82, 2.24) is 4.98 Å². The number of hydrogen-bond acceptors (Lipinski definition) is 4. The van der Waals surface area contributed by atoms with Crippen LogP contribution in [0.5, 0.6) is 0 Å².